The van der Waals surface area contributed by atoms with Gasteiger partial charge in [-0.15, -0.1) is 8.42 Å². The normalized spacial score (nSPS) is 10.7. The molecule has 5 heteroatoms. The fraction of sp³-hybridized carbons (Fsp3) is 0. The summed E-state index contributed by atoms with van der Waals surface area (Å²) in [5.74, 6) is -0.508. The van der Waals surface area contributed by atoms with Crippen LogP contribution in [0.3, 0.4) is 0 Å². The van der Waals surface area contributed by atoms with Crippen molar-refractivity contribution in [3.8, 4) is 6.57 Å². The lowest BCUT2D eigenvalue weighted by Crippen LogP contribution is -1.92. The zero-order valence-electron chi connectivity index (χ0n) is 5.94. The first-order chi connectivity index (χ1) is 5.56. The minimum absolute atomic E-state index is 0.119. The first kappa shape index (κ1) is 8.68. The van der Waals surface area contributed by atoms with E-state index in [1.807, 2.05) is 0 Å². The van der Waals surface area contributed by atoms with Crippen molar-refractivity contribution in [1.29, 1.82) is 0 Å². The van der Waals surface area contributed by atoms with Crippen LogP contribution in [0.1, 0.15) is 0 Å². The van der Waals surface area contributed by atoms with Crippen LogP contribution in [0.25, 0.3) is 4.25 Å². The maximum atomic E-state index is 12.3. The summed E-state index contributed by atoms with van der Waals surface area (Å²) in [5.41, 5.74) is 0. The Bertz CT molecular complexity index is 416. The third-order valence-electron chi connectivity index (χ3n) is 1.25. The van der Waals surface area contributed by atoms with Gasteiger partial charge in [0.15, 0.2) is 4.90 Å². The maximum Gasteiger partial charge on any atom is 0.510 e. The Kier molecular flexibility index (Phi) is 2.11. The summed E-state index contributed by atoms with van der Waals surface area (Å²) in [4.78, 5) is -0.119. The summed E-state index contributed by atoms with van der Waals surface area (Å²) in [5, 5.41) is 0. The number of benzene rings is 1. The van der Waals surface area contributed by atoms with E-state index in [0.29, 0.717) is 0 Å². The molecule has 0 bridgehead atoms. The summed E-state index contributed by atoms with van der Waals surface area (Å²) in [6, 6.07) is 4.25. The summed E-state index contributed by atoms with van der Waals surface area (Å²) in [7, 11) is -3.78. The quantitative estimate of drug-likeness (QED) is 0.666. The Morgan fingerprint density at radius 2 is 1.75 bits per heavy atom. The Labute approximate surface area is 69.3 Å². The second-order valence-corrected chi connectivity index (χ2v) is 3.67. The number of hydrogen-bond donors (Lipinski definition) is 0. The van der Waals surface area contributed by atoms with Crippen molar-refractivity contribution >= 4 is 10.0 Å². The standard InChI is InChI=1S/C7H5FNO2S/c1-9-12(10,11)7-4-2-6(8)3-5-7/h1-5H/q+1. The Morgan fingerprint density at radius 1 is 1.25 bits per heavy atom. The van der Waals surface area contributed by atoms with E-state index in [0.717, 1.165) is 24.3 Å². The molecular formula is C7H5FNO2S+. The Hall–Kier alpha value is -1.41. The van der Waals surface area contributed by atoms with Crippen molar-refractivity contribution < 1.29 is 12.8 Å². The molecule has 0 saturated carbocycles. The number of sulfonamides is 1. The average Bonchev–Trinajstić information content (AvgIpc) is 2.05. The Balaban J connectivity index is 3.26. The van der Waals surface area contributed by atoms with Crippen LogP contribution in [-0.4, -0.2) is 8.42 Å². The molecule has 0 atom stereocenters. The van der Waals surface area contributed by atoms with E-state index in [-0.39, 0.29) is 4.90 Å². The predicted octanol–water partition coefficient (Wildman–Crippen LogP) is 1.48. The van der Waals surface area contributed by atoms with Crippen molar-refractivity contribution in [3.05, 3.63) is 34.3 Å². The molecule has 0 aliphatic carbocycles. The van der Waals surface area contributed by atoms with E-state index >= 15 is 0 Å². The fourth-order valence-electron chi connectivity index (χ4n) is 0.667. The van der Waals surface area contributed by atoms with Gasteiger partial charge in [-0.3, -0.25) is 0 Å². The SMILES string of the molecule is C#[N+]S(=O)(=O)c1ccc(F)cc1. The number of hydrogen-bond acceptors (Lipinski definition) is 2. The first-order valence-electron chi connectivity index (χ1n) is 2.99. The van der Waals surface area contributed by atoms with Crippen LogP contribution in [0.15, 0.2) is 29.2 Å². The molecule has 0 aliphatic heterocycles. The van der Waals surface area contributed by atoms with E-state index < -0.39 is 15.8 Å². The summed E-state index contributed by atoms with van der Waals surface area (Å²) < 4.78 is 36.8. The van der Waals surface area contributed by atoms with Gasteiger partial charge >= 0.3 is 10.0 Å². The van der Waals surface area contributed by atoms with Crippen LogP contribution in [0.5, 0.6) is 0 Å². The third-order valence-corrected chi connectivity index (χ3v) is 2.40. The number of halogens is 1. The monoisotopic (exact) mass is 186 g/mol. The molecule has 3 nitrogen and oxygen atoms in total. The first-order valence-corrected chi connectivity index (χ1v) is 4.43. The molecule has 0 amide bonds. The van der Waals surface area contributed by atoms with E-state index in [9.17, 15) is 12.8 Å². The van der Waals surface area contributed by atoms with Gasteiger partial charge in [0.25, 0.3) is 6.57 Å². The molecule has 0 heterocycles. The Morgan fingerprint density at radius 3 is 2.17 bits per heavy atom. The predicted molar refractivity (Wildman–Crippen MR) is 41.9 cm³/mol. The maximum absolute atomic E-state index is 12.3. The minimum Gasteiger partial charge on any atom is -0.207 e. The van der Waals surface area contributed by atoms with Crippen LogP contribution < -0.4 is 0 Å². The lowest BCUT2D eigenvalue weighted by Gasteiger charge is -1.87. The fourth-order valence-corrected chi connectivity index (χ4v) is 1.27. The molecule has 0 spiro atoms. The molecule has 0 fully saturated rings. The molecule has 0 saturated heterocycles. The van der Waals surface area contributed by atoms with Gasteiger partial charge < -0.3 is 0 Å². The molecule has 0 aromatic heterocycles. The van der Waals surface area contributed by atoms with Crippen molar-refractivity contribution in [3.63, 3.8) is 0 Å². The smallest absolute Gasteiger partial charge is 0.207 e. The van der Waals surface area contributed by atoms with E-state index in [1.54, 1.807) is 0 Å². The summed E-state index contributed by atoms with van der Waals surface area (Å²) >= 11 is 0. The minimum atomic E-state index is -3.78. The molecule has 0 aliphatic rings. The lowest BCUT2D eigenvalue weighted by atomic mass is 10.4. The molecule has 0 unspecified atom stereocenters. The highest BCUT2D eigenvalue weighted by Gasteiger charge is 2.21. The molecule has 62 valence electrons. The van der Waals surface area contributed by atoms with Crippen molar-refractivity contribution in [2.45, 2.75) is 4.90 Å². The van der Waals surface area contributed by atoms with Crippen LogP contribution in [0.2, 0.25) is 0 Å². The van der Waals surface area contributed by atoms with E-state index in [4.69, 9.17) is 0 Å². The molecule has 1 aromatic rings. The average molecular weight is 186 g/mol. The van der Waals surface area contributed by atoms with Crippen molar-refractivity contribution in [2.24, 2.45) is 0 Å². The van der Waals surface area contributed by atoms with Gasteiger partial charge in [0.1, 0.15) is 5.82 Å². The van der Waals surface area contributed by atoms with Gasteiger partial charge in [0, 0.05) is 0 Å². The van der Waals surface area contributed by atoms with Crippen LogP contribution in [0.4, 0.5) is 4.39 Å². The van der Waals surface area contributed by atoms with Gasteiger partial charge in [-0.25, -0.2) is 4.39 Å². The number of nitrogens with zero attached hydrogens (tertiary/aromatic N) is 1. The third kappa shape index (κ3) is 1.60. The van der Waals surface area contributed by atoms with E-state index in [2.05, 4.69) is 10.8 Å². The molecular weight excluding hydrogens is 181 g/mol. The van der Waals surface area contributed by atoms with Gasteiger partial charge in [0.05, 0.1) is 4.25 Å². The molecule has 12 heavy (non-hydrogen) atoms. The van der Waals surface area contributed by atoms with Gasteiger partial charge in [0.2, 0.25) is 0 Å². The van der Waals surface area contributed by atoms with Crippen LogP contribution >= 0.6 is 0 Å². The summed E-state index contributed by atoms with van der Waals surface area (Å²) in [6.45, 7) is 4.62. The zero-order valence-corrected chi connectivity index (χ0v) is 6.75. The van der Waals surface area contributed by atoms with Crippen molar-refractivity contribution in [2.75, 3.05) is 0 Å². The molecule has 1 aromatic carbocycles. The second-order valence-electron chi connectivity index (χ2n) is 2.03. The van der Waals surface area contributed by atoms with Crippen LogP contribution in [0, 0.1) is 12.4 Å². The van der Waals surface area contributed by atoms with Gasteiger partial charge in [-0.2, -0.15) is 0 Å². The second kappa shape index (κ2) is 2.91. The molecule has 1 rings (SSSR count). The molecule has 0 radical (unpaired) electrons. The topological polar surface area (TPSA) is 38.5 Å². The lowest BCUT2D eigenvalue weighted by molar-refractivity contribution is 0.602. The summed E-state index contributed by atoms with van der Waals surface area (Å²) in [6.07, 6.45) is 0. The van der Waals surface area contributed by atoms with Gasteiger partial charge in [-0.1, -0.05) is 0 Å². The van der Waals surface area contributed by atoms with Crippen molar-refractivity contribution in [1.82, 2.24) is 0 Å². The highest BCUT2D eigenvalue weighted by molar-refractivity contribution is 7.93. The highest BCUT2D eigenvalue weighted by atomic mass is 32.2. The van der Waals surface area contributed by atoms with Crippen LogP contribution in [-0.2, 0) is 10.0 Å². The van der Waals surface area contributed by atoms with E-state index in [1.165, 1.54) is 0 Å². The van der Waals surface area contributed by atoms with Gasteiger partial charge in [-0.05, 0) is 24.3 Å². The number of rotatable bonds is 1. The zero-order chi connectivity index (χ0) is 9.19. The highest BCUT2D eigenvalue weighted by Crippen LogP contribution is 2.11. The molecule has 0 N–H and O–H groups in total. The largest absolute Gasteiger partial charge is 0.510 e.